The lowest BCUT2D eigenvalue weighted by Gasteiger charge is -2.24. The highest BCUT2D eigenvalue weighted by molar-refractivity contribution is 6.60. The molecule has 0 bridgehead atoms. The summed E-state index contributed by atoms with van der Waals surface area (Å²) < 4.78 is 31.7. The number of hydrogen-bond donors (Lipinski definition) is 0. The fourth-order valence-corrected chi connectivity index (χ4v) is 2.73. The number of ether oxygens (including phenoxy) is 3. The second kappa shape index (κ2) is 8.14. The van der Waals surface area contributed by atoms with Crippen molar-refractivity contribution >= 4 is 8.80 Å². The van der Waals surface area contributed by atoms with E-state index in [1.807, 2.05) is 6.92 Å². The summed E-state index contributed by atoms with van der Waals surface area (Å²) in [5.41, 5.74) is 0. The van der Waals surface area contributed by atoms with E-state index in [4.69, 9.17) is 27.5 Å². The Morgan fingerprint density at radius 2 is 1.82 bits per heavy atom. The minimum absolute atomic E-state index is 0.172. The molecule has 1 aliphatic rings. The molecule has 7 heteroatoms. The van der Waals surface area contributed by atoms with E-state index in [1.165, 1.54) is 0 Å². The molecule has 0 radical (unpaired) electrons. The molecule has 17 heavy (non-hydrogen) atoms. The maximum Gasteiger partial charge on any atom is 0.501 e. The van der Waals surface area contributed by atoms with Gasteiger partial charge >= 0.3 is 8.80 Å². The van der Waals surface area contributed by atoms with Crippen LogP contribution in [0.2, 0.25) is 6.04 Å². The van der Waals surface area contributed by atoms with Crippen LogP contribution in [-0.2, 0) is 27.5 Å². The Kier molecular flexibility index (Phi) is 7.20. The van der Waals surface area contributed by atoms with Crippen LogP contribution in [0.15, 0.2) is 0 Å². The maximum absolute atomic E-state index is 5.51. The minimum Gasteiger partial charge on any atom is -0.377 e. The zero-order valence-corrected chi connectivity index (χ0v) is 11.8. The Balaban J connectivity index is 1.93. The molecule has 0 saturated carbocycles. The summed E-state index contributed by atoms with van der Waals surface area (Å²) in [6.45, 7) is 4.64. The molecule has 102 valence electrons. The molecule has 0 amide bonds. The van der Waals surface area contributed by atoms with Crippen molar-refractivity contribution in [2.75, 3.05) is 47.4 Å². The average molecular weight is 266 g/mol. The van der Waals surface area contributed by atoms with Crippen LogP contribution in [0.3, 0.4) is 0 Å². The number of epoxide rings is 1. The van der Waals surface area contributed by atoms with E-state index < -0.39 is 8.80 Å². The van der Waals surface area contributed by atoms with Crippen molar-refractivity contribution in [1.29, 1.82) is 0 Å². The first kappa shape index (κ1) is 15.0. The van der Waals surface area contributed by atoms with Gasteiger partial charge in [0, 0.05) is 20.3 Å². The summed E-state index contributed by atoms with van der Waals surface area (Å²) in [6, 6.07) is 0.721. The van der Waals surface area contributed by atoms with Crippen molar-refractivity contribution in [3.05, 3.63) is 0 Å². The van der Waals surface area contributed by atoms with Crippen LogP contribution >= 0.6 is 0 Å². The van der Waals surface area contributed by atoms with Crippen molar-refractivity contribution < 1.29 is 27.5 Å². The third kappa shape index (κ3) is 5.91. The lowest BCUT2D eigenvalue weighted by atomic mass is 10.5. The highest BCUT2D eigenvalue weighted by atomic mass is 28.4. The van der Waals surface area contributed by atoms with Gasteiger partial charge in [0.05, 0.1) is 26.4 Å². The quantitative estimate of drug-likeness (QED) is 0.237. The van der Waals surface area contributed by atoms with Crippen molar-refractivity contribution in [2.45, 2.75) is 19.1 Å². The highest BCUT2D eigenvalue weighted by Crippen LogP contribution is 2.12. The lowest BCUT2D eigenvalue weighted by molar-refractivity contribution is -0.0509. The van der Waals surface area contributed by atoms with Gasteiger partial charge in [-0.2, -0.15) is 0 Å². The molecule has 1 fully saturated rings. The standard InChI is InChI=1S/C10H22O6Si/c1-4-17(11-2,12-3)16-9-14-6-5-13-7-10-8-15-10/h10H,4-9H2,1-3H3. The van der Waals surface area contributed by atoms with Crippen LogP contribution in [0.4, 0.5) is 0 Å². The Bertz CT molecular complexity index is 187. The van der Waals surface area contributed by atoms with Crippen molar-refractivity contribution in [3.63, 3.8) is 0 Å². The van der Waals surface area contributed by atoms with Crippen LogP contribution in [-0.4, -0.2) is 62.3 Å². The van der Waals surface area contributed by atoms with Gasteiger partial charge in [0.25, 0.3) is 0 Å². The van der Waals surface area contributed by atoms with Crippen LogP contribution in [0, 0.1) is 0 Å². The Morgan fingerprint density at radius 1 is 1.18 bits per heavy atom. The summed E-state index contributed by atoms with van der Waals surface area (Å²) in [4.78, 5) is 0. The van der Waals surface area contributed by atoms with E-state index in [9.17, 15) is 0 Å². The van der Waals surface area contributed by atoms with E-state index in [0.29, 0.717) is 25.9 Å². The summed E-state index contributed by atoms with van der Waals surface area (Å²) >= 11 is 0. The molecule has 0 N–H and O–H groups in total. The third-order valence-corrected chi connectivity index (χ3v) is 5.16. The molecule has 0 aromatic carbocycles. The fourth-order valence-electron chi connectivity index (χ4n) is 1.28. The summed E-state index contributed by atoms with van der Waals surface area (Å²) in [5.74, 6) is 0. The highest BCUT2D eigenvalue weighted by Gasteiger charge is 2.36. The first-order chi connectivity index (χ1) is 8.26. The van der Waals surface area contributed by atoms with E-state index in [1.54, 1.807) is 14.2 Å². The van der Waals surface area contributed by atoms with Gasteiger partial charge in [-0.15, -0.1) is 0 Å². The van der Waals surface area contributed by atoms with Crippen LogP contribution in [0.25, 0.3) is 0 Å². The van der Waals surface area contributed by atoms with Gasteiger partial charge in [-0.3, -0.25) is 0 Å². The molecule has 0 aliphatic carbocycles. The average Bonchev–Trinajstić information content (AvgIpc) is 3.18. The Labute approximate surface area is 103 Å². The second-order valence-corrected chi connectivity index (χ2v) is 6.82. The van der Waals surface area contributed by atoms with E-state index in [0.717, 1.165) is 12.7 Å². The molecule has 1 heterocycles. The van der Waals surface area contributed by atoms with E-state index in [-0.39, 0.29) is 6.79 Å². The molecular weight excluding hydrogens is 244 g/mol. The molecule has 0 aromatic rings. The molecule has 1 rings (SSSR count). The first-order valence-electron chi connectivity index (χ1n) is 5.77. The fraction of sp³-hybridized carbons (Fsp3) is 1.00. The predicted molar refractivity (Wildman–Crippen MR) is 62.7 cm³/mol. The molecular formula is C10H22O6Si. The molecule has 1 saturated heterocycles. The summed E-state index contributed by atoms with van der Waals surface area (Å²) in [5, 5.41) is 0. The molecule has 0 aromatic heterocycles. The van der Waals surface area contributed by atoms with Crippen molar-refractivity contribution in [1.82, 2.24) is 0 Å². The number of hydrogen-bond acceptors (Lipinski definition) is 6. The largest absolute Gasteiger partial charge is 0.501 e. The van der Waals surface area contributed by atoms with Crippen LogP contribution < -0.4 is 0 Å². The van der Waals surface area contributed by atoms with Crippen LogP contribution in [0.5, 0.6) is 0 Å². The Hall–Kier alpha value is -0.0231. The smallest absolute Gasteiger partial charge is 0.377 e. The van der Waals surface area contributed by atoms with Crippen molar-refractivity contribution in [2.24, 2.45) is 0 Å². The SMILES string of the molecule is CC[Si](OC)(OC)OCOCCOCC1CO1. The molecule has 1 unspecified atom stereocenters. The molecule has 1 aliphatic heterocycles. The van der Waals surface area contributed by atoms with Crippen molar-refractivity contribution in [3.8, 4) is 0 Å². The topological polar surface area (TPSA) is 58.7 Å². The molecule has 0 spiro atoms. The van der Waals surface area contributed by atoms with Gasteiger partial charge < -0.3 is 27.5 Å². The van der Waals surface area contributed by atoms with Gasteiger partial charge in [0.1, 0.15) is 12.9 Å². The predicted octanol–water partition coefficient (Wildman–Crippen LogP) is 0.644. The van der Waals surface area contributed by atoms with Gasteiger partial charge in [-0.25, -0.2) is 0 Å². The second-order valence-electron chi connectivity index (χ2n) is 3.65. The summed E-state index contributed by atoms with van der Waals surface area (Å²) in [7, 11) is 0.711. The third-order valence-electron chi connectivity index (χ3n) is 2.50. The van der Waals surface area contributed by atoms with Crippen LogP contribution in [0.1, 0.15) is 6.92 Å². The first-order valence-corrected chi connectivity index (χ1v) is 7.71. The summed E-state index contributed by atoms with van der Waals surface area (Å²) in [6.07, 6.45) is 0.299. The monoisotopic (exact) mass is 266 g/mol. The van der Waals surface area contributed by atoms with E-state index >= 15 is 0 Å². The van der Waals surface area contributed by atoms with Gasteiger partial charge in [0.2, 0.25) is 0 Å². The Morgan fingerprint density at radius 3 is 2.35 bits per heavy atom. The lowest BCUT2D eigenvalue weighted by Crippen LogP contribution is -2.43. The zero-order chi connectivity index (χ0) is 12.6. The molecule has 6 nitrogen and oxygen atoms in total. The van der Waals surface area contributed by atoms with E-state index in [2.05, 4.69) is 0 Å². The van der Waals surface area contributed by atoms with Gasteiger partial charge in [0.15, 0.2) is 0 Å². The number of rotatable bonds is 11. The normalized spacial score (nSPS) is 19.6. The van der Waals surface area contributed by atoms with Gasteiger partial charge in [-0.05, 0) is 0 Å². The molecule has 1 atom stereocenters. The maximum atomic E-state index is 5.51. The van der Waals surface area contributed by atoms with Gasteiger partial charge in [-0.1, -0.05) is 6.92 Å². The zero-order valence-electron chi connectivity index (χ0n) is 10.8. The minimum atomic E-state index is -2.48.